The second-order valence-electron chi connectivity index (χ2n) is 6.86. The molecule has 0 fully saturated rings. The van der Waals surface area contributed by atoms with Crippen molar-refractivity contribution in [3.05, 3.63) is 0 Å². The molecule has 0 aliphatic carbocycles. The molecule has 0 saturated heterocycles. The Bertz CT molecular complexity index is 647. The fraction of sp³-hybridized carbons (Fsp3) is 0.722. The quantitative estimate of drug-likeness (QED) is 0.0674. The molecule has 3 atom stereocenters. The number of carboxylic acid groups (broad SMARTS) is 1. The highest BCUT2D eigenvalue weighted by atomic mass is 32.2. The lowest BCUT2D eigenvalue weighted by atomic mass is 10.1. The third-order valence-corrected chi connectivity index (χ3v) is 5.50. The van der Waals surface area contributed by atoms with Crippen LogP contribution >= 0.6 is 23.5 Å². The van der Waals surface area contributed by atoms with E-state index in [4.69, 9.17) is 17.2 Å². The predicted octanol–water partition coefficient (Wildman–Crippen LogP) is -1.96. The molecule has 0 aliphatic rings. The minimum atomic E-state index is -1.15. The van der Waals surface area contributed by atoms with Gasteiger partial charge in [0.25, 0.3) is 0 Å². The summed E-state index contributed by atoms with van der Waals surface area (Å²) < 4.78 is 0. The average molecular weight is 494 g/mol. The highest BCUT2D eigenvalue weighted by Crippen LogP contribution is 2.03. The van der Waals surface area contributed by atoms with Gasteiger partial charge in [0.2, 0.25) is 17.7 Å². The minimum Gasteiger partial charge on any atom is -0.480 e. The van der Waals surface area contributed by atoms with Crippen LogP contribution in [0.25, 0.3) is 0 Å². The van der Waals surface area contributed by atoms with E-state index in [2.05, 4.69) is 20.9 Å². The summed E-state index contributed by atoms with van der Waals surface area (Å²) in [6.07, 6.45) is 5.05. The molecule has 14 heteroatoms. The van der Waals surface area contributed by atoms with E-state index in [1.807, 2.05) is 12.5 Å². The highest BCUT2D eigenvalue weighted by Gasteiger charge is 2.25. The van der Waals surface area contributed by atoms with E-state index < -0.39 is 48.4 Å². The standard InChI is InChI=1S/C18H35N7O5S2/c1-31-8-5-11(19)15(27)25-12(4-3-7-22-18(20)21)16(28)23-10-14(26)24-13(17(29)30)6-9-32-2/h11-13H,3-10,19H2,1-2H3,(H,23,28)(H,24,26)(H,25,27)(H,29,30)(H4,20,21,22). The molecule has 0 rings (SSSR count). The monoisotopic (exact) mass is 493 g/mol. The van der Waals surface area contributed by atoms with Gasteiger partial charge in [-0.2, -0.15) is 23.5 Å². The maximum absolute atomic E-state index is 12.6. The van der Waals surface area contributed by atoms with Crippen LogP contribution < -0.4 is 33.2 Å². The summed E-state index contributed by atoms with van der Waals surface area (Å²) in [6, 6.07) is -2.76. The molecule has 10 N–H and O–H groups in total. The molecular weight excluding hydrogens is 458 g/mol. The van der Waals surface area contributed by atoms with Crippen LogP contribution in [0, 0.1) is 0 Å². The maximum Gasteiger partial charge on any atom is 0.326 e. The first kappa shape index (κ1) is 29.8. The van der Waals surface area contributed by atoms with Crippen molar-refractivity contribution in [2.75, 3.05) is 37.1 Å². The highest BCUT2D eigenvalue weighted by molar-refractivity contribution is 7.98. The summed E-state index contributed by atoms with van der Waals surface area (Å²) in [5, 5.41) is 16.6. The van der Waals surface area contributed by atoms with Gasteiger partial charge in [0, 0.05) is 6.54 Å². The van der Waals surface area contributed by atoms with Crippen LogP contribution in [0.1, 0.15) is 25.7 Å². The molecule has 0 bridgehead atoms. The SMILES string of the molecule is CSCCC(N)C(=O)NC(CCCN=C(N)N)C(=O)NCC(=O)NC(CCSC)C(=O)O. The Morgan fingerprint density at radius 2 is 1.56 bits per heavy atom. The first-order chi connectivity index (χ1) is 15.1. The van der Waals surface area contributed by atoms with Gasteiger partial charge in [-0.25, -0.2) is 4.79 Å². The topological polar surface area (TPSA) is 215 Å². The summed E-state index contributed by atoms with van der Waals surface area (Å²) >= 11 is 3.01. The second kappa shape index (κ2) is 17.4. The minimum absolute atomic E-state index is 0.0831. The van der Waals surface area contributed by atoms with E-state index in [9.17, 15) is 24.3 Å². The average Bonchev–Trinajstić information content (AvgIpc) is 2.74. The lowest BCUT2D eigenvalue weighted by Gasteiger charge is -2.21. The van der Waals surface area contributed by atoms with E-state index in [0.717, 1.165) is 0 Å². The van der Waals surface area contributed by atoms with E-state index in [1.54, 1.807) is 11.8 Å². The van der Waals surface area contributed by atoms with Gasteiger partial charge >= 0.3 is 5.97 Å². The molecule has 12 nitrogen and oxygen atoms in total. The van der Waals surface area contributed by atoms with Crippen LogP contribution in [0.15, 0.2) is 4.99 Å². The third-order valence-electron chi connectivity index (χ3n) is 4.22. The van der Waals surface area contributed by atoms with E-state index in [-0.39, 0.29) is 25.3 Å². The van der Waals surface area contributed by atoms with Gasteiger partial charge < -0.3 is 38.3 Å². The molecule has 32 heavy (non-hydrogen) atoms. The van der Waals surface area contributed by atoms with E-state index in [0.29, 0.717) is 24.3 Å². The normalized spacial score (nSPS) is 13.3. The molecular formula is C18H35N7O5S2. The number of hydrogen-bond donors (Lipinski definition) is 7. The zero-order valence-electron chi connectivity index (χ0n) is 18.5. The van der Waals surface area contributed by atoms with Crippen LogP contribution in [-0.4, -0.2) is 90.0 Å². The Balaban J connectivity index is 4.90. The fourth-order valence-corrected chi connectivity index (χ4v) is 3.42. The lowest BCUT2D eigenvalue weighted by molar-refractivity contribution is -0.141. The first-order valence-electron chi connectivity index (χ1n) is 10.0. The number of nitrogens with one attached hydrogen (secondary N) is 3. The molecule has 0 heterocycles. The molecule has 0 aromatic rings. The number of carboxylic acids is 1. The van der Waals surface area contributed by atoms with Gasteiger partial charge in [0.1, 0.15) is 12.1 Å². The maximum atomic E-state index is 12.6. The van der Waals surface area contributed by atoms with Gasteiger partial charge in [-0.05, 0) is 49.7 Å². The number of thioether (sulfide) groups is 2. The molecule has 184 valence electrons. The molecule has 3 amide bonds. The van der Waals surface area contributed by atoms with Crippen LogP contribution in [0.2, 0.25) is 0 Å². The number of carbonyl (C=O) groups excluding carboxylic acids is 3. The van der Waals surface area contributed by atoms with Crippen LogP contribution in [-0.2, 0) is 19.2 Å². The van der Waals surface area contributed by atoms with Crippen molar-refractivity contribution in [1.29, 1.82) is 0 Å². The molecule has 0 spiro atoms. The molecule has 0 aliphatic heterocycles. The van der Waals surface area contributed by atoms with Crippen LogP contribution in [0.3, 0.4) is 0 Å². The Labute approximate surface area is 196 Å². The van der Waals surface area contributed by atoms with Crippen LogP contribution in [0.5, 0.6) is 0 Å². The summed E-state index contributed by atoms with van der Waals surface area (Å²) in [7, 11) is 0. The van der Waals surface area contributed by atoms with Gasteiger partial charge in [-0.15, -0.1) is 0 Å². The van der Waals surface area contributed by atoms with Gasteiger partial charge in [0.15, 0.2) is 5.96 Å². The molecule has 0 radical (unpaired) electrons. The summed E-state index contributed by atoms with van der Waals surface area (Å²) in [5.41, 5.74) is 16.4. The zero-order valence-corrected chi connectivity index (χ0v) is 20.1. The molecule has 0 saturated carbocycles. The number of nitrogens with zero attached hydrogens (tertiary/aromatic N) is 1. The number of guanidine groups is 1. The predicted molar refractivity (Wildman–Crippen MR) is 128 cm³/mol. The molecule has 3 unspecified atom stereocenters. The van der Waals surface area contributed by atoms with Gasteiger partial charge in [-0.1, -0.05) is 0 Å². The number of carbonyl (C=O) groups is 4. The number of aliphatic imine (C=N–C) groups is 1. The summed E-state index contributed by atoms with van der Waals surface area (Å²) in [5.74, 6) is -1.70. The summed E-state index contributed by atoms with van der Waals surface area (Å²) in [6.45, 7) is -0.169. The van der Waals surface area contributed by atoms with Crippen molar-refractivity contribution in [2.24, 2.45) is 22.2 Å². The molecule has 0 aromatic heterocycles. The molecule has 0 aromatic carbocycles. The Kier molecular flexibility index (Phi) is 16.2. The Morgan fingerprint density at radius 1 is 0.938 bits per heavy atom. The van der Waals surface area contributed by atoms with Crippen molar-refractivity contribution < 1.29 is 24.3 Å². The second-order valence-corrected chi connectivity index (χ2v) is 8.83. The number of nitrogens with two attached hydrogens (primary N) is 3. The zero-order chi connectivity index (χ0) is 24.5. The van der Waals surface area contributed by atoms with Crippen molar-refractivity contribution in [2.45, 2.75) is 43.8 Å². The van der Waals surface area contributed by atoms with Crippen molar-refractivity contribution in [3.63, 3.8) is 0 Å². The fourth-order valence-electron chi connectivity index (χ4n) is 2.46. The first-order valence-corrected chi connectivity index (χ1v) is 12.8. The van der Waals surface area contributed by atoms with Gasteiger partial charge in [0.05, 0.1) is 12.6 Å². The number of hydrogen-bond acceptors (Lipinski definition) is 8. The van der Waals surface area contributed by atoms with Gasteiger partial charge in [-0.3, -0.25) is 19.4 Å². The van der Waals surface area contributed by atoms with Crippen LogP contribution in [0.4, 0.5) is 0 Å². The smallest absolute Gasteiger partial charge is 0.326 e. The lowest BCUT2D eigenvalue weighted by Crippen LogP contribution is -2.53. The number of aliphatic carboxylic acids is 1. The van der Waals surface area contributed by atoms with Crippen molar-refractivity contribution in [3.8, 4) is 0 Å². The third kappa shape index (κ3) is 14.0. The summed E-state index contributed by atoms with van der Waals surface area (Å²) in [4.78, 5) is 52.1. The Morgan fingerprint density at radius 3 is 2.12 bits per heavy atom. The van der Waals surface area contributed by atoms with E-state index >= 15 is 0 Å². The number of amides is 3. The van der Waals surface area contributed by atoms with Crippen molar-refractivity contribution >= 4 is 53.2 Å². The number of rotatable bonds is 17. The van der Waals surface area contributed by atoms with Crippen molar-refractivity contribution in [1.82, 2.24) is 16.0 Å². The van der Waals surface area contributed by atoms with E-state index in [1.165, 1.54) is 11.8 Å². The Hall–Kier alpha value is -2.19. The largest absolute Gasteiger partial charge is 0.480 e.